The standard InChI is InChI=1S/C26H22F2N4O3/c1-3-16-19(27)9-8-15-6-4-7-17(20(15)16)22-21(28)23-18(12-29-22)24(31-25(30-23)35-2)32-11-5-10-26(34,13-32)14-33/h1,4,6-9,12,33-34H,5,10-11,13-14H2,2H3. The predicted molar refractivity (Wildman–Crippen MR) is 128 cm³/mol. The molecule has 1 aliphatic heterocycles. The number of ether oxygens (including phenoxy) is 1. The largest absolute Gasteiger partial charge is 0.467 e. The molecular weight excluding hydrogens is 454 g/mol. The van der Waals surface area contributed by atoms with Crippen LogP contribution in [0.5, 0.6) is 6.01 Å². The molecule has 5 rings (SSSR count). The Morgan fingerprint density at radius 2 is 2.06 bits per heavy atom. The van der Waals surface area contributed by atoms with E-state index >= 15 is 4.39 Å². The Balaban J connectivity index is 1.74. The van der Waals surface area contributed by atoms with Crippen molar-refractivity contribution in [1.29, 1.82) is 0 Å². The molecule has 35 heavy (non-hydrogen) atoms. The monoisotopic (exact) mass is 476 g/mol. The summed E-state index contributed by atoms with van der Waals surface area (Å²) in [5.41, 5.74) is -1.01. The molecule has 2 aromatic carbocycles. The topological polar surface area (TPSA) is 91.6 Å². The molecular formula is C26H22F2N4O3. The van der Waals surface area contributed by atoms with Crippen LogP contribution in [0.15, 0.2) is 36.5 Å². The summed E-state index contributed by atoms with van der Waals surface area (Å²) >= 11 is 0. The average molecular weight is 476 g/mol. The van der Waals surface area contributed by atoms with Gasteiger partial charge >= 0.3 is 6.01 Å². The number of anilines is 1. The number of benzene rings is 2. The van der Waals surface area contributed by atoms with Crippen molar-refractivity contribution in [3.8, 4) is 29.6 Å². The molecule has 0 aliphatic carbocycles. The van der Waals surface area contributed by atoms with Crippen molar-refractivity contribution in [2.24, 2.45) is 0 Å². The van der Waals surface area contributed by atoms with Crippen LogP contribution >= 0.6 is 0 Å². The van der Waals surface area contributed by atoms with E-state index in [0.29, 0.717) is 46.9 Å². The molecule has 1 unspecified atom stereocenters. The van der Waals surface area contributed by atoms with Gasteiger partial charge in [0.05, 0.1) is 31.2 Å². The van der Waals surface area contributed by atoms with Crippen LogP contribution in [0.25, 0.3) is 32.9 Å². The van der Waals surface area contributed by atoms with Crippen LogP contribution in [0.2, 0.25) is 0 Å². The van der Waals surface area contributed by atoms with Crippen LogP contribution in [0.3, 0.4) is 0 Å². The molecule has 1 aliphatic rings. The van der Waals surface area contributed by atoms with Gasteiger partial charge in [0.15, 0.2) is 5.82 Å². The second-order valence-electron chi connectivity index (χ2n) is 8.59. The zero-order valence-electron chi connectivity index (χ0n) is 18.9. The number of aliphatic hydroxyl groups excluding tert-OH is 1. The number of methoxy groups -OCH3 is 1. The van der Waals surface area contributed by atoms with Crippen LogP contribution < -0.4 is 9.64 Å². The van der Waals surface area contributed by atoms with Crippen molar-refractivity contribution in [3.63, 3.8) is 0 Å². The van der Waals surface area contributed by atoms with Crippen LogP contribution in [-0.2, 0) is 0 Å². The van der Waals surface area contributed by atoms with E-state index in [2.05, 4.69) is 20.9 Å². The Morgan fingerprint density at radius 3 is 2.80 bits per heavy atom. The van der Waals surface area contributed by atoms with E-state index in [1.54, 1.807) is 29.2 Å². The van der Waals surface area contributed by atoms with Gasteiger partial charge in [-0.2, -0.15) is 9.97 Å². The highest BCUT2D eigenvalue weighted by Gasteiger charge is 2.34. The second kappa shape index (κ2) is 8.73. The number of aromatic nitrogens is 3. The second-order valence-corrected chi connectivity index (χ2v) is 8.59. The fraction of sp³-hybridized carbons (Fsp3) is 0.269. The first-order chi connectivity index (χ1) is 16.9. The highest BCUT2D eigenvalue weighted by Crippen LogP contribution is 2.37. The Kier molecular flexibility index (Phi) is 5.71. The molecule has 7 nitrogen and oxygen atoms in total. The third kappa shape index (κ3) is 3.81. The van der Waals surface area contributed by atoms with Crippen LogP contribution in [0.4, 0.5) is 14.6 Å². The fourth-order valence-electron chi connectivity index (χ4n) is 4.66. The maximum absolute atomic E-state index is 16.0. The first-order valence-corrected chi connectivity index (χ1v) is 11.1. The Morgan fingerprint density at radius 1 is 1.23 bits per heavy atom. The first-order valence-electron chi connectivity index (χ1n) is 11.1. The Labute approximate surface area is 200 Å². The number of aliphatic hydroxyl groups is 2. The molecule has 0 spiro atoms. The highest BCUT2D eigenvalue weighted by atomic mass is 19.1. The van der Waals surface area contributed by atoms with Gasteiger partial charge < -0.3 is 19.8 Å². The third-order valence-corrected chi connectivity index (χ3v) is 6.37. The van der Waals surface area contributed by atoms with Crippen LogP contribution in [0, 0.1) is 24.0 Å². The van der Waals surface area contributed by atoms with Crippen LogP contribution in [0.1, 0.15) is 18.4 Å². The molecule has 9 heteroatoms. The van der Waals surface area contributed by atoms with Gasteiger partial charge in [-0.05, 0) is 24.3 Å². The Bertz CT molecular complexity index is 1500. The van der Waals surface area contributed by atoms with E-state index in [1.165, 1.54) is 19.4 Å². The smallest absolute Gasteiger partial charge is 0.318 e. The summed E-state index contributed by atoms with van der Waals surface area (Å²) in [6.45, 7) is 0.237. The summed E-state index contributed by atoms with van der Waals surface area (Å²) in [4.78, 5) is 14.8. The number of piperidine rings is 1. The summed E-state index contributed by atoms with van der Waals surface area (Å²) in [6, 6.07) is 7.91. The number of terminal acetylenes is 1. The molecule has 0 radical (unpaired) electrons. The number of pyridine rings is 1. The number of hydrogen-bond donors (Lipinski definition) is 2. The van der Waals surface area contributed by atoms with Gasteiger partial charge in [-0.15, -0.1) is 6.42 Å². The van der Waals surface area contributed by atoms with Gasteiger partial charge in [-0.25, -0.2) is 8.78 Å². The minimum absolute atomic E-state index is 0.0250. The summed E-state index contributed by atoms with van der Waals surface area (Å²) in [5, 5.41) is 21.6. The van der Waals surface area contributed by atoms with E-state index in [-0.39, 0.29) is 29.3 Å². The van der Waals surface area contributed by atoms with Crippen molar-refractivity contribution in [2.45, 2.75) is 18.4 Å². The highest BCUT2D eigenvalue weighted by molar-refractivity contribution is 6.02. The third-order valence-electron chi connectivity index (χ3n) is 6.37. The van der Waals surface area contributed by atoms with E-state index in [9.17, 15) is 14.6 Å². The van der Waals surface area contributed by atoms with Gasteiger partial charge in [-0.1, -0.05) is 30.2 Å². The minimum Gasteiger partial charge on any atom is -0.467 e. The predicted octanol–water partition coefficient (Wildman–Crippen LogP) is 3.44. The van der Waals surface area contributed by atoms with E-state index in [1.807, 2.05) is 0 Å². The normalized spacial score (nSPS) is 18.1. The summed E-state index contributed by atoms with van der Waals surface area (Å²) < 4.78 is 35.8. The SMILES string of the molecule is C#Cc1c(F)ccc2cccc(-c3ncc4c(N5CCCC(O)(CO)C5)nc(OC)nc4c3F)c12. The lowest BCUT2D eigenvalue weighted by atomic mass is 9.93. The van der Waals surface area contributed by atoms with Gasteiger partial charge in [-0.3, -0.25) is 4.98 Å². The summed E-state index contributed by atoms with van der Waals surface area (Å²) in [5.74, 6) is 1.39. The lowest BCUT2D eigenvalue weighted by Crippen LogP contribution is -2.50. The molecule has 1 fully saturated rings. The molecule has 4 aromatic rings. The fourth-order valence-corrected chi connectivity index (χ4v) is 4.66. The number of fused-ring (bicyclic) bond motifs is 2. The zero-order chi connectivity index (χ0) is 24.7. The molecule has 0 bridgehead atoms. The van der Waals surface area contributed by atoms with Crippen molar-refractivity contribution < 1.29 is 23.7 Å². The summed E-state index contributed by atoms with van der Waals surface area (Å²) in [7, 11) is 1.37. The molecule has 1 atom stereocenters. The molecule has 178 valence electrons. The summed E-state index contributed by atoms with van der Waals surface area (Å²) in [6.07, 6.45) is 8.07. The first kappa shape index (κ1) is 22.9. The van der Waals surface area contributed by atoms with E-state index in [0.717, 1.165) is 0 Å². The van der Waals surface area contributed by atoms with Gasteiger partial charge in [0, 0.05) is 23.7 Å². The van der Waals surface area contributed by atoms with Gasteiger partial charge in [0.1, 0.15) is 28.4 Å². The molecule has 0 amide bonds. The lowest BCUT2D eigenvalue weighted by Gasteiger charge is -2.39. The Hall–Kier alpha value is -3.87. The maximum Gasteiger partial charge on any atom is 0.318 e. The average Bonchev–Trinajstić information content (AvgIpc) is 2.88. The number of nitrogens with zero attached hydrogens (tertiary/aromatic N) is 4. The molecule has 2 N–H and O–H groups in total. The molecule has 0 saturated carbocycles. The van der Waals surface area contributed by atoms with Gasteiger partial charge in [0.25, 0.3) is 0 Å². The van der Waals surface area contributed by atoms with Crippen molar-refractivity contribution >= 4 is 27.5 Å². The number of rotatable bonds is 4. The zero-order valence-corrected chi connectivity index (χ0v) is 18.9. The quantitative estimate of drug-likeness (QED) is 0.436. The van der Waals surface area contributed by atoms with Crippen molar-refractivity contribution in [3.05, 3.63) is 53.7 Å². The molecule has 1 saturated heterocycles. The van der Waals surface area contributed by atoms with E-state index in [4.69, 9.17) is 11.2 Å². The molecule has 2 aromatic heterocycles. The maximum atomic E-state index is 16.0. The van der Waals surface area contributed by atoms with Crippen LogP contribution in [-0.4, -0.2) is 57.6 Å². The molecule has 3 heterocycles. The van der Waals surface area contributed by atoms with Gasteiger partial charge in [0.2, 0.25) is 0 Å². The minimum atomic E-state index is -1.30. The van der Waals surface area contributed by atoms with E-state index < -0.39 is 23.8 Å². The number of hydrogen-bond acceptors (Lipinski definition) is 7. The number of halogens is 2. The van der Waals surface area contributed by atoms with Crippen molar-refractivity contribution in [1.82, 2.24) is 15.0 Å². The van der Waals surface area contributed by atoms with Crippen molar-refractivity contribution in [2.75, 3.05) is 31.7 Å². The lowest BCUT2D eigenvalue weighted by molar-refractivity contribution is -0.0242. The number of β-amino-alcohol motifs (C(OH)–C–C–N with tert-alkyl or cyclic N) is 1.